The first-order chi connectivity index (χ1) is 17.6. The van der Waals surface area contributed by atoms with Crippen LogP contribution in [0.5, 0.6) is 0 Å². The van der Waals surface area contributed by atoms with Crippen molar-refractivity contribution >= 4 is 29.7 Å². The molecular weight excluding hydrogens is 492 g/mol. The van der Waals surface area contributed by atoms with Crippen LogP contribution >= 0.6 is 11.6 Å². The van der Waals surface area contributed by atoms with Crippen molar-refractivity contribution in [2.75, 3.05) is 13.2 Å². The molecule has 0 bridgehead atoms. The van der Waals surface area contributed by atoms with Gasteiger partial charge in [0.1, 0.15) is 12.2 Å². The average Bonchev–Trinajstić information content (AvgIpc) is 3.34. The Kier molecular flexibility index (Phi) is 6.69. The molecule has 2 saturated heterocycles. The molecule has 1 spiro atoms. The number of imide groups is 1. The molecule has 3 aliphatic rings. The van der Waals surface area contributed by atoms with E-state index >= 15 is 0 Å². The molecule has 3 fully saturated rings. The summed E-state index contributed by atoms with van der Waals surface area (Å²) in [6.07, 6.45) is 2.11. The van der Waals surface area contributed by atoms with Gasteiger partial charge in [0, 0.05) is 11.6 Å². The molecule has 0 radical (unpaired) electrons. The topological polar surface area (TPSA) is 76.2 Å². The summed E-state index contributed by atoms with van der Waals surface area (Å²) >= 11 is 6.17. The van der Waals surface area contributed by atoms with Crippen LogP contribution in [-0.2, 0) is 20.7 Å². The van der Waals surface area contributed by atoms with Crippen LogP contribution in [0.25, 0.3) is 0 Å². The Hall–Kier alpha value is -3.06. The zero-order valence-electron chi connectivity index (χ0n) is 21.5. The number of likely N-dealkylation sites (tertiary alicyclic amines) is 1. The molecule has 3 amide bonds. The van der Waals surface area contributed by atoms with Gasteiger partial charge in [-0.3, -0.25) is 4.79 Å². The molecule has 3 atom stereocenters. The molecule has 5 rings (SSSR count). The van der Waals surface area contributed by atoms with Crippen LogP contribution < -0.4 is 0 Å². The first kappa shape index (κ1) is 25.6. The van der Waals surface area contributed by atoms with Crippen LogP contribution in [0.4, 0.5) is 9.59 Å². The van der Waals surface area contributed by atoms with Crippen LogP contribution in [0.3, 0.4) is 0 Å². The van der Waals surface area contributed by atoms with Crippen molar-refractivity contribution in [1.82, 2.24) is 9.80 Å². The van der Waals surface area contributed by atoms with E-state index in [0.29, 0.717) is 30.0 Å². The number of amides is 3. The van der Waals surface area contributed by atoms with Gasteiger partial charge in [0.2, 0.25) is 5.91 Å². The summed E-state index contributed by atoms with van der Waals surface area (Å²) in [6.45, 7) is 6.18. The lowest BCUT2D eigenvalue weighted by Crippen LogP contribution is -2.50. The lowest BCUT2D eigenvalue weighted by atomic mass is 9.86. The smallest absolute Gasteiger partial charge is 0.417 e. The number of benzene rings is 2. The zero-order valence-corrected chi connectivity index (χ0v) is 22.2. The number of nitrogens with zero attached hydrogens (tertiary/aromatic N) is 2. The lowest BCUT2D eigenvalue weighted by Gasteiger charge is -2.34. The second kappa shape index (κ2) is 9.67. The van der Waals surface area contributed by atoms with E-state index in [1.54, 1.807) is 17.0 Å². The maximum Gasteiger partial charge on any atom is 0.417 e. The monoisotopic (exact) mass is 524 g/mol. The second-order valence-corrected chi connectivity index (χ2v) is 12.0. The van der Waals surface area contributed by atoms with E-state index in [1.165, 1.54) is 4.90 Å². The van der Waals surface area contributed by atoms with Crippen LogP contribution in [-0.4, -0.2) is 58.7 Å². The Bertz CT molecular complexity index is 1170. The zero-order chi connectivity index (χ0) is 26.4. The molecule has 1 unspecified atom stereocenters. The third-order valence-electron chi connectivity index (χ3n) is 7.53. The molecule has 0 aromatic heterocycles. The maximum absolute atomic E-state index is 14.3. The highest BCUT2D eigenvalue weighted by Crippen LogP contribution is 2.57. The molecule has 2 heterocycles. The van der Waals surface area contributed by atoms with E-state index in [1.807, 2.05) is 63.2 Å². The number of hydrogen-bond donors (Lipinski definition) is 0. The number of ether oxygens (including phenoxy) is 2. The van der Waals surface area contributed by atoms with Crippen LogP contribution in [0, 0.1) is 5.41 Å². The predicted molar refractivity (Wildman–Crippen MR) is 139 cm³/mol. The van der Waals surface area contributed by atoms with Gasteiger partial charge >= 0.3 is 12.2 Å². The van der Waals surface area contributed by atoms with E-state index in [2.05, 4.69) is 0 Å². The average molecular weight is 525 g/mol. The third kappa shape index (κ3) is 5.47. The Morgan fingerprint density at radius 1 is 1.11 bits per heavy atom. The molecule has 2 aliphatic heterocycles. The van der Waals surface area contributed by atoms with Crippen molar-refractivity contribution in [2.24, 2.45) is 5.41 Å². The second-order valence-electron chi connectivity index (χ2n) is 11.5. The molecule has 2 aromatic carbocycles. The van der Waals surface area contributed by atoms with Crippen molar-refractivity contribution in [3.8, 4) is 0 Å². The van der Waals surface area contributed by atoms with Gasteiger partial charge in [0.25, 0.3) is 0 Å². The summed E-state index contributed by atoms with van der Waals surface area (Å²) < 4.78 is 11.1. The van der Waals surface area contributed by atoms with Gasteiger partial charge in [-0.15, -0.1) is 0 Å². The highest BCUT2D eigenvalue weighted by molar-refractivity contribution is 6.30. The fourth-order valence-electron chi connectivity index (χ4n) is 5.57. The number of cyclic esters (lactones) is 1. The molecule has 7 nitrogen and oxygen atoms in total. The van der Waals surface area contributed by atoms with Crippen molar-refractivity contribution in [1.29, 1.82) is 0 Å². The molecule has 8 heteroatoms. The maximum atomic E-state index is 14.3. The Morgan fingerprint density at radius 2 is 1.78 bits per heavy atom. The Balaban J connectivity index is 1.50. The van der Waals surface area contributed by atoms with Crippen molar-refractivity contribution < 1.29 is 23.9 Å². The van der Waals surface area contributed by atoms with E-state index in [4.69, 9.17) is 21.1 Å². The SMILES string of the molecule is CC(C)(C)OC(=O)N1CC2(CC2)C[C@H]1C(C(=O)N1C(=O)OC[C@H]1Cc1ccccc1)c1ccc(Cl)cc1. The van der Waals surface area contributed by atoms with Crippen LogP contribution in [0.2, 0.25) is 5.02 Å². The summed E-state index contributed by atoms with van der Waals surface area (Å²) in [5, 5.41) is 0.548. The highest BCUT2D eigenvalue weighted by atomic mass is 35.5. The number of carbonyl (C=O) groups excluding carboxylic acids is 3. The fourth-order valence-corrected chi connectivity index (χ4v) is 5.70. The van der Waals surface area contributed by atoms with Crippen molar-refractivity contribution in [3.63, 3.8) is 0 Å². The normalized spacial score (nSPS) is 23.2. The molecular formula is C29H33ClN2O5. The Morgan fingerprint density at radius 3 is 2.41 bits per heavy atom. The quantitative estimate of drug-likeness (QED) is 0.494. The van der Waals surface area contributed by atoms with Crippen LogP contribution in [0.1, 0.15) is 57.1 Å². The summed E-state index contributed by atoms with van der Waals surface area (Å²) in [4.78, 5) is 43.6. The fraction of sp³-hybridized carbons (Fsp3) is 0.483. The minimum atomic E-state index is -0.756. The van der Waals surface area contributed by atoms with Crippen molar-refractivity contribution in [2.45, 2.75) is 70.1 Å². The summed E-state index contributed by atoms with van der Waals surface area (Å²) in [7, 11) is 0. The summed E-state index contributed by atoms with van der Waals surface area (Å²) in [6, 6.07) is 16.0. The Labute approximate surface area is 222 Å². The largest absolute Gasteiger partial charge is 0.447 e. The van der Waals surface area contributed by atoms with Gasteiger partial charge in [-0.25, -0.2) is 14.5 Å². The van der Waals surface area contributed by atoms with E-state index < -0.39 is 35.8 Å². The van der Waals surface area contributed by atoms with Gasteiger partial charge in [-0.2, -0.15) is 0 Å². The van der Waals surface area contributed by atoms with Crippen LogP contribution in [0.15, 0.2) is 54.6 Å². The first-order valence-electron chi connectivity index (χ1n) is 12.8. The molecule has 1 saturated carbocycles. The van der Waals surface area contributed by atoms with Gasteiger partial charge in [0.05, 0.1) is 18.0 Å². The molecule has 196 valence electrons. The van der Waals surface area contributed by atoms with Gasteiger partial charge in [-0.05, 0) is 75.1 Å². The predicted octanol–water partition coefficient (Wildman–Crippen LogP) is 5.80. The number of halogens is 1. The van der Waals surface area contributed by atoms with Crippen molar-refractivity contribution in [3.05, 3.63) is 70.7 Å². The minimum Gasteiger partial charge on any atom is -0.447 e. The number of hydrogen-bond acceptors (Lipinski definition) is 5. The highest BCUT2D eigenvalue weighted by Gasteiger charge is 2.58. The standard InChI is InChI=1S/C29H33ClN2O5/c1-28(2,3)37-26(34)31-18-29(13-14-29)16-23(31)24(20-9-11-21(30)12-10-20)25(33)32-22(17-36-27(32)35)15-19-7-5-4-6-8-19/h4-12,22-24H,13-18H2,1-3H3/t22-,23+,24?/m1/s1. The molecule has 0 N–H and O–H groups in total. The van der Waals surface area contributed by atoms with Gasteiger partial charge in [-0.1, -0.05) is 54.1 Å². The minimum absolute atomic E-state index is 0.00147. The van der Waals surface area contributed by atoms with E-state index in [-0.39, 0.29) is 17.9 Å². The van der Waals surface area contributed by atoms with Gasteiger partial charge in [0.15, 0.2) is 0 Å². The summed E-state index contributed by atoms with van der Waals surface area (Å²) in [5.74, 6) is -1.12. The number of rotatable bonds is 5. The molecule has 37 heavy (non-hydrogen) atoms. The summed E-state index contributed by atoms with van der Waals surface area (Å²) in [5.41, 5.74) is 1.06. The first-order valence-corrected chi connectivity index (χ1v) is 13.2. The number of carbonyl (C=O) groups is 3. The van der Waals surface area contributed by atoms with Gasteiger partial charge < -0.3 is 14.4 Å². The molecule has 2 aromatic rings. The third-order valence-corrected chi connectivity index (χ3v) is 7.78. The lowest BCUT2D eigenvalue weighted by molar-refractivity contribution is -0.132. The van der Waals surface area contributed by atoms with E-state index in [0.717, 1.165) is 18.4 Å². The molecule has 1 aliphatic carbocycles. The van der Waals surface area contributed by atoms with E-state index in [9.17, 15) is 14.4 Å².